The van der Waals surface area contributed by atoms with Crippen molar-refractivity contribution in [3.05, 3.63) is 0 Å². The van der Waals surface area contributed by atoms with Gasteiger partial charge >= 0.3 is 0 Å². The minimum Gasteiger partial charge on any atom is -0.391 e. The van der Waals surface area contributed by atoms with E-state index in [0.29, 0.717) is 6.42 Å². The van der Waals surface area contributed by atoms with Crippen molar-refractivity contribution in [1.29, 1.82) is 0 Å². The van der Waals surface area contributed by atoms with Crippen molar-refractivity contribution in [3.8, 4) is 0 Å². The monoisotopic (exact) mass is 234 g/mol. The number of nitrogens with one attached hydrogen (secondary N) is 2. The molecule has 2 saturated carbocycles. The Hall–Kier alpha value is -0.170. The van der Waals surface area contributed by atoms with Gasteiger partial charge in [0, 0.05) is 12.1 Å². The first-order valence-corrected chi connectivity index (χ1v) is 7.03. The van der Waals surface area contributed by atoms with Crippen molar-refractivity contribution in [3.63, 3.8) is 0 Å². The van der Waals surface area contributed by atoms with E-state index < -0.39 is 16.3 Å². The molecule has 0 radical (unpaired) electrons. The number of hydrogen-bond donors (Lipinski definition) is 3. The summed E-state index contributed by atoms with van der Waals surface area (Å²) in [4.78, 5) is 0. The van der Waals surface area contributed by atoms with Crippen LogP contribution in [0.4, 0.5) is 0 Å². The highest BCUT2D eigenvalue weighted by atomic mass is 32.2. The van der Waals surface area contributed by atoms with E-state index in [1.54, 1.807) is 0 Å². The van der Waals surface area contributed by atoms with E-state index in [0.717, 1.165) is 32.1 Å². The van der Waals surface area contributed by atoms with E-state index in [4.69, 9.17) is 0 Å². The van der Waals surface area contributed by atoms with Gasteiger partial charge in [0.1, 0.15) is 0 Å². The van der Waals surface area contributed by atoms with Crippen molar-refractivity contribution in [2.45, 2.75) is 56.7 Å². The number of rotatable bonds is 4. The Bertz CT molecular complexity index is 313. The smallest absolute Gasteiger partial charge is 0.277 e. The maximum absolute atomic E-state index is 11.6. The zero-order valence-corrected chi connectivity index (χ0v) is 9.46. The van der Waals surface area contributed by atoms with E-state index >= 15 is 0 Å². The van der Waals surface area contributed by atoms with Crippen LogP contribution in [0.2, 0.25) is 0 Å². The van der Waals surface area contributed by atoms with Crippen LogP contribution in [0.15, 0.2) is 0 Å². The molecule has 3 N–H and O–H groups in total. The van der Waals surface area contributed by atoms with Crippen molar-refractivity contribution in [1.82, 2.24) is 9.44 Å². The summed E-state index contributed by atoms with van der Waals surface area (Å²) in [6.07, 6.45) is 4.70. The molecule has 0 aromatic carbocycles. The lowest BCUT2D eigenvalue weighted by Gasteiger charge is -2.28. The Morgan fingerprint density at radius 1 is 1.00 bits per heavy atom. The van der Waals surface area contributed by atoms with Crippen LogP contribution in [0, 0.1) is 0 Å². The first-order valence-electron chi connectivity index (χ1n) is 5.54. The SMILES string of the molecule is O=S(=O)(NC1CC1)NC1CCCCC1O. The van der Waals surface area contributed by atoms with E-state index in [1.165, 1.54) is 0 Å². The standard InChI is InChI=1S/C9H18N2O3S/c12-9-4-2-1-3-8(9)11-15(13,14)10-7-5-6-7/h7-12H,1-6H2. The molecular weight excluding hydrogens is 216 g/mol. The third-order valence-electron chi connectivity index (χ3n) is 2.94. The van der Waals surface area contributed by atoms with Crippen LogP contribution in [0.5, 0.6) is 0 Å². The molecule has 0 spiro atoms. The first-order chi connectivity index (χ1) is 7.07. The summed E-state index contributed by atoms with van der Waals surface area (Å²) < 4.78 is 28.2. The Morgan fingerprint density at radius 2 is 1.67 bits per heavy atom. The quantitative estimate of drug-likeness (QED) is 0.634. The van der Waals surface area contributed by atoms with Gasteiger partial charge in [0.05, 0.1) is 6.10 Å². The maximum Gasteiger partial charge on any atom is 0.277 e. The van der Waals surface area contributed by atoms with Crippen LogP contribution in [-0.4, -0.2) is 31.7 Å². The second-order valence-corrected chi connectivity index (χ2v) is 5.95. The summed E-state index contributed by atoms with van der Waals surface area (Å²) in [5.41, 5.74) is 0. The highest BCUT2D eigenvalue weighted by Gasteiger charge is 2.31. The summed E-state index contributed by atoms with van der Waals surface area (Å²) >= 11 is 0. The minimum absolute atomic E-state index is 0.114. The van der Waals surface area contributed by atoms with Crippen LogP contribution in [0.3, 0.4) is 0 Å². The molecule has 2 fully saturated rings. The van der Waals surface area contributed by atoms with Gasteiger partial charge in [0.2, 0.25) is 0 Å². The lowest BCUT2D eigenvalue weighted by atomic mass is 9.93. The summed E-state index contributed by atoms with van der Waals surface area (Å²) in [5, 5.41) is 9.63. The van der Waals surface area contributed by atoms with Gasteiger partial charge in [-0.25, -0.2) is 0 Å². The molecule has 2 atom stereocenters. The third kappa shape index (κ3) is 3.41. The maximum atomic E-state index is 11.6. The molecule has 0 aromatic rings. The van der Waals surface area contributed by atoms with Gasteiger partial charge in [-0.2, -0.15) is 17.9 Å². The second-order valence-electron chi connectivity index (χ2n) is 4.47. The molecule has 2 unspecified atom stereocenters. The fourth-order valence-electron chi connectivity index (χ4n) is 1.90. The van der Waals surface area contributed by atoms with E-state index in [1.807, 2.05) is 0 Å². The Balaban J connectivity index is 1.88. The predicted molar refractivity (Wildman–Crippen MR) is 56.5 cm³/mol. The zero-order valence-electron chi connectivity index (χ0n) is 8.65. The molecule has 0 bridgehead atoms. The Labute approximate surface area is 90.4 Å². The van der Waals surface area contributed by atoms with E-state index in [9.17, 15) is 13.5 Å². The van der Waals surface area contributed by atoms with Crippen LogP contribution in [0.25, 0.3) is 0 Å². The van der Waals surface area contributed by atoms with Crippen molar-refractivity contribution in [2.75, 3.05) is 0 Å². The van der Waals surface area contributed by atoms with Crippen molar-refractivity contribution < 1.29 is 13.5 Å². The molecule has 0 aliphatic heterocycles. The van der Waals surface area contributed by atoms with Gasteiger partial charge in [-0.3, -0.25) is 0 Å². The zero-order chi connectivity index (χ0) is 10.9. The van der Waals surface area contributed by atoms with Crippen LogP contribution < -0.4 is 9.44 Å². The normalized spacial score (nSPS) is 32.9. The molecule has 2 aliphatic carbocycles. The molecule has 6 heteroatoms. The third-order valence-corrected chi connectivity index (χ3v) is 4.19. The Kier molecular flexibility index (Phi) is 3.30. The van der Waals surface area contributed by atoms with Gasteiger partial charge in [0.25, 0.3) is 10.2 Å². The average molecular weight is 234 g/mol. The lowest BCUT2D eigenvalue weighted by Crippen LogP contribution is -2.49. The molecule has 0 amide bonds. The van der Waals surface area contributed by atoms with Crippen LogP contribution in [0.1, 0.15) is 38.5 Å². The lowest BCUT2D eigenvalue weighted by molar-refractivity contribution is 0.101. The molecule has 0 saturated heterocycles. The second kappa shape index (κ2) is 4.37. The minimum atomic E-state index is -3.41. The molecule has 0 aromatic heterocycles. The first kappa shape index (κ1) is 11.3. The summed E-state index contributed by atoms with van der Waals surface area (Å²) in [7, 11) is -3.41. The molecule has 88 valence electrons. The molecule has 15 heavy (non-hydrogen) atoms. The fraction of sp³-hybridized carbons (Fsp3) is 1.00. The molecule has 5 nitrogen and oxygen atoms in total. The van der Waals surface area contributed by atoms with E-state index in [2.05, 4.69) is 9.44 Å². The molecule has 2 aliphatic rings. The molecule has 2 rings (SSSR count). The molecule has 0 heterocycles. The largest absolute Gasteiger partial charge is 0.391 e. The van der Waals surface area contributed by atoms with Gasteiger partial charge in [-0.15, -0.1) is 0 Å². The van der Waals surface area contributed by atoms with Gasteiger partial charge in [0.15, 0.2) is 0 Å². The molecular formula is C9H18N2O3S. The van der Waals surface area contributed by atoms with Crippen LogP contribution in [-0.2, 0) is 10.2 Å². The Morgan fingerprint density at radius 3 is 2.27 bits per heavy atom. The van der Waals surface area contributed by atoms with Crippen LogP contribution >= 0.6 is 0 Å². The topological polar surface area (TPSA) is 78.4 Å². The number of aliphatic hydroxyl groups is 1. The predicted octanol–water partition coefficient (Wildman–Crippen LogP) is -0.124. The highest BCUT2D eigenvalue weighted by molar-refractivity contribution is 7.87. The highest BCUT2D eigenvalue weighted by Crippen LogP contribution is 2.21. The number of aliphatic hydroxyl groups excluding tert-OH is 1. The van der Waals surface area contributed by atoms with E-state index in [-0.39, 0.29) is 12.1 Å². The van der Waals surface area contributed by atoms with Gasteiger partial charge in [-0.1, -0.05) is 12.8 Å². The van der Waals surface area contributed by atoms with Crippen molar-refractivity contribution >= 4 is 10.2 Å². The van der Waals surface area contributed by atoms with Gasteiger partial charge in [-0.05, 0) is 25.7 Å². The fourth-order valence-corrected chi connectivity index (χ4v) is 3.32. The summed E-state index contributed by atoms with van der Waals surface area (Å²) in [5.74, 6) is 0. The summed E-state index contributed by atoms with van der Waals surface area (Å²) in [6.45, 7) is 0. The van der Waals surface area contributed by atoms with Gasteiger partial charge < -0.3 is 5.11 Å². The summed E-state index contributed by atoms with van der Waals surface area (Å²) in [6, 6.07) is -0.196. The average Bonchev–Trinajstić information content (AvgIpc) is 2.91. The van der Waals surface area contributed by atoms with Crippen molar-refractivity contribution in [2.24, 2.45) is 0 Å². The number of hydrogen-bond acceptors (Lipinski definition) is 3.